The number of hydrogen-bond donors (Lipinski definition) is 5. The summed E-state index contributed by atoms with van der Waals surface area (Å²) < 4.78 is 0. The largest absolute Gasteiger partial charge is 0.396 e. The zero-order valence-electron chi connectivity index (χ0n) is 15.5. The van der Waals surface area contributed by atoms with Gasteiger partial charge in [0.05, 0.1) is 31.0 Å². The van der Waals surface area contributed by atoms with E-state index in [1.54, 1.807) is 0 Å². The molecule has 0 aliphatic heterocycles. The van der Waals surface area contributed by atoms with E-state index in [2.05, 4.69) is 6.92 Å². The van der Waals surface area contributed by atoms with E-state index in [-0.39, 0.29) is 35.9 Å². The molecule has 0 amide bonds. The first-order valence-corrected chi connectivity index (χ1v) is 9.97. The average molecular weight is 354 g/mol. The molecule has 0 heterocycles. The van der Waals surface area contributed by atoms with E-state index in [0.29, 0.717) is 25.2 Å². The van der Waals surface area contributed by atoms with Crippen LogP contribution in [-0.4, -0.2) is 56.6 Å². The Morgan fingerprint density at radius 3 is 2.28 bits per heavy atom. The van der Waals surface area contributed by atoms with Gasteiger partial charge in [-0.25, -0.2) is 0 Å². The van der Waals surface area contributed by atoms with Crippen LogP contribution >= 0.6 is 0 Å². The second kappa shape index (κ2) is 5.41. The second-order valence-corrected chi connectivity index (χ2v) is 10.2. The molecule has 5 nitrogen and oxygen atoms in total. The first kappa shape index (κ1) is 18.2. The van der Waals surface area contributed by atoms with E-state index in [1.807, 2.05) is 6.92 Å². The third-order valence-electron chi connectivity index (χ3n) is 9.48. The van der Waals surface area contributed by atoms with Crippen molar-refractivity contribution in [3.8, 4) is 0 Å². The Balaban J connectivity index is 1.79. The fraction of sp³-hybridized carbons (Fsp3) is 1.00. The third-order valence-corrected chi connectivity index (χ3v) is 9.48. The molecule has 0 aromatic carbocycles. The standard InChI is InChI=1S/C20H34O5/c1-17(10-21)15(24)3-4-18(2)16(17)14(23)8-12-7-13-9-19(12,18)5-6-20(13,25)11-22/h12-16,21-25H,3-11H2,1-2H3/t12-,13+,14-,15-,16+,17-,18-,19+,20+/m1/s1. The molecular formula is C20H34O5. The maximum atomic E-state index is 11.1. The summed E-state index contributed by atoms with van der Waals surface area (Å²) in [6, 6.07) is 0. The molecule has 4 rings (SSSR count). The van der Waals surface area contributed by atoms with Crippen LogP contribution < -0.4 is 0 Å². The van der Waals surface area contributed by atoms with Gasteiger partial charge in [0.2, 0.25) is 0 Å². The molecule has 144 valence electrons. The lowest BCUT2D eigenvalue weighted by molar-refractivity contribution is -0.248. The molecule has 4 fully saturated rings. The zero-order chi connectivity index (χ0) is 18.3. The number of rotatable bonds is 2. The van der Waals surface area contributed by atoms with Crippen LogP contribution in [-0.2, 0) is 0 Å². The Hall–Kier alpha value is -0.200. The number of aliphatic hydroxyl groups is 5. The monoisotopic (exact) mass is 354 g/mol. The lowest BCUT2D eigenvalue weighted by Crippen LogP contribution is -2.66. The van der Waals surface area contributed by atoms with Gasteiger partial charge in [-0.05, 0) is 67.6 Å². The highest BCUT2D eigenvalue weighted by Gasteiger charge is 2.72. The maximum absolute atomic E-state index is 11.1. The summed E-state index contributed by atoms with van der Waals surface area (Å²) in [5.74, 6) is 0.308. The molecule has 9 atom stereocenters. The molecule has 4 saturated carbocycles. The minimum absolute atomic E-state index is 0.0412. The zero-order valence-corrected chi connectivity index (χ0v) is 15.5. The van der Waals surface area contributed by atoms with E-state index in [9.17, 15) is 25.5 Å². The first-order valence-electron chi connectivity index (χ1n) is 9.97. The van der Waals surface area contributed by atoms with Crippen molar-refractivity contribution in [3.05, 3.63) is 0 Å². The predicted molar refractivity (Wildman–Crippen MR) is 92.6 cm³/mol. The smallest absolute Gasteiger partial charge is 0.0905 e. The molecule has 0 unspecified atom stereocenters. The van der Waals surface area contributed by atoms with Crippen LogP contribution in [0.4, 0.5) is 0 Å². The molecule has 4 aliphatic rings. The summed E-state index contributed by atoms with van der Waals surface area (Å²) in [6.07, 6.45) is 4.31. The number of aliphatic hydroxyl groups excluding tert-OH is 4. The van der Waals surface area contributed by atoms with Crippen molar-refractivity contribution in [1.29, 1.82) is 0 Å². The molecule has 5 heteroatoms. The van der Waals surface area contributed by atoms with Gasteiger partial charge in [0.25, 0.3) is 0 Å². The molecular weight excluding hydrogens is 320 g/mol. The summed E-state index contributed by atoms with van der Waals surface area (Å²) in [5.41, 5.74) is -1.78. The van der Waals surface area contributed by atoms with E-state index in [1.165, 1.54) is 0 Å². The van der Waals surface area contributed by atoms with Gasteiger partial charge < -0.3 is 25.5 Å². The Kier molecular flexibility index (Phi) is 3.94. The number of fused-ring (bicyclic) bond motifs is 2. The van der Waals surface area contributed by atoms with Crippen molar-refractivity contribution in [2.45, 2.75) is 76.6 Å². The fourth-order valence-corrected chi connectivity index (χ4v) is 8.04. The average Bonchev–Trinajstić information content (AvgIpc) is 2.92. The van der Waals surface area contributed by atoms with Crippen LogP contribution in [0.15, 0.2) is 0 Å². The summed E-state index contributed by atoms with van der Waals surface area (Å²) in [6.45, 7) is 3.89. The van der Waals surface area contributed by atoms with Gasteiger partial charge >= 0.3 is 0 Å². The lowest BCUT2D eigenvalue weighted by atomic mass is 9.38. The maximum Gasteiger partial charge on any atom is 0.0905 e. The molecule has 0 saturated heterocycles. The third kappa shape index (κ3) is 2.02. The van der Waals surface area contributed by atoms with Crippen LogP contribution in [0.25, 0.3) is 0 Å². The number of hydrogen-bond acceptors (Lipinski definition) is 5. The van der Waals surface area contributed by atoms with Crippen LogP contribution in [0.5, 0.6) is 0 Å². The minimum atomic E-state index is -0.978. The van der Waals surface area contributed by atoms with Crippen molar-refractivity contribution in [2.24, 2.45) is 34.0 Å². The summed E-state index contributed by atoms with van der Waals surface area (Å²) in [5, 5.41) is 52.4. The minimum Gasteiger partial charge on any atom is -0.396 e. The van der Waals surface area contributed by atoms with Gasteiger partial charge in [0.1, 0.15) is 0 Å². The normalized spacial score (nSPS) is 60.8. The van der Waals surface area contributed by atoms with Gasteiger partial charge in [-0.2, -0.15) is 0 Å². The Morgan fingerprint density at radius 2 is 1.64 bits per heavy atom. The van der Waals surface area contributed by atoms with Crippen LogP contribution in [0.2, 0.25) is 0 Å². The van der Waals surface area contributed by atoms with Crippen molar-refractivity contribution in [3.63, 3.8) is 0 Å². The second-order valence-electron chi connectivity index (χ2n) is 10.2. The van der Waals surface area contributed by atoms with Crippen molar-refractivity contribution in [2.75, 3.05) is 13.2 Å². The van der Waals surface area contributed by atoms with E-state index in [4.69, 9.17) is 0 Å². The molecule has 2 bridgehead atoms. The van der Waals surface area contributed by atoms with Crippen molar-refractivity contribution < 1.29 is 25.5 Å². The predicted octanol–water partition coefficient (Wildman–Crippen LogP) is 1.06. The molecule has 1 spiro atoms. The van der Waals surface area contributed by atoms with Gasteiger partial charge in [0.15, 0.2) is 0 Å². The summed E-state index contributed by atoms with van der Waals surface area (Å²) in [7, 11) is 0. The van der Waals surface area contributed by atoms with Gasteiger partial charge in [-0.1, -0.05) is 13.8 Å². The Labute approximate surface area is 150 Å². The van der Waals surface area contributed by atoms with Gasteiger partial charge in [-0.3, -0.25) is 0 Å². The quantitative estimate of drug-likeness (QED) is 0.510. The van der Waals surface area contributed by atoms with E-state index in [0.717, 1.165) is 25.7 Å². The first-order chi connectivity index (χ1) is 11.7. The highest BCUT2D eigenvalue weighted by molar-refractivity contribution is 5.21. The Morgan fingerprint density at radius 1 is 0.920 bits per heavy atom. The molecule has 25 heavy (non-hydrogen) atoms. The molecule has 5 N–H and O–H groups in total. The highest BCUT2D eigenvalue weighted by atomic mass is 16.3. The van der Waals surface area contributed by atoms with Gasteiger partial charge in [0, 0.05) is 11.3 Å². The van der Waals surface area contributed by atoms with Crippen LogP contribution in [0, 0.1) is 34.0 Å². The van der Waals surface area contributed by atoms with Crippen LogP contribution in [0.1, 0.15) is 58.8 Å². The van der Waals surface area contributed by atoms with Crippen molar-refractivity contribution in [1.82, 2.24) is 0 Å². The van der Waals surface area contributed by atoms with Gasteiger partial charge in [-0.15, -0.1) is 0 Å². The van der Waals surface area contributed by atoms with E-state index >= 15 is 0 Å². The summed E-state index contributed by atoms with van der Waals surface area (Å²) in [4.78, 5) is 0. The van der Waals surface area contributed by atoms with Crippen LogP contribution in [0.3, 0.4) is 0 Å². The lowest BCUT2D eigenvalue weighted by Gasteiger charge is -2.67. The topological polar surface area (TPSA) is 101 Å². The Bertz CT molecular complexity index is 554. The van der Waals surface area contributed by atoms with Crippen molar-refractivity contribution >= 4 is 0 Å². The molecule has 4 aliphatic carbocycles. The SMILES string of the molecule is C[C@@]1(CO)[C@H](O)CC[C@]2(C)[C@H]1[C@H](O)C[C@H]1C[C@H]3C[C@@]12CC[C@]3(O)CO. The fourth-order valence-electron chi connectivity index (χ4n) is 8.04. The van der Waals surface area contributed by atoms with E-state index < -0.39 is 23.2 Å². The highest BCUT2D eigenvalue weighted by Crippen LogP contribution is 2.75. The summed E-state index contributed by atoms with van der Waals surface area (Å²) >= 11 is 0. The molecule has 0 radical (unpaired) electrons. The molecule has 0 aromatic heterocycles. The molecule has 0 aromatic rings.